The summed E-state index contributed by atoms with van der Waals surface area (Å²) >= 11 is 0. The topological polar surface area (TPSA) is 47.6 Å². The number of carbonyl (C=O) groups is 1. The molecule has 1 saturated heterocycles. The van der Waals surface area contributed by atoms with E-state index in [4.69, 9.17) is 9.47 Å². The van der Waals surface area contributed by atoms with Gasteiger partial charge >= 0.3 is 0 Å². The minimum absolute atomic E-state index is 0.115. The zero-order valence-electron chi connectivity index (χ0n) is 12.8. The van der Waals surface area contributed by atoms with E-state index in [1.807, 2.05) is 36.4 Å². The summed E-state index contributed by atoms with van der Waals surface area (Å²) in [5.74, 6) is 1.96. The Morgan fingerprint density at radius 2 is 1.95 bits per heavy atom. The molecule has 0 saturated carbocycles. The molecule has 4 heteroatoms. The van der Waals surface area contributed by atoms with Crippen LogP contribution in [0.4, 0.5) is 0 Å². The van der Waals surface area contributed by atoms with Gasteiger partial charge in [-0.1, -0.05) is 18.2 Å². The lowest BCUT2D eigenvalue weighted by Gasteiger charge is -2.14. The lowest BCUT2D eigenvalue weighted by atomic mass is 9.93. The third kappa shape index (κ3) is 2.77. The highest BCUT2D eigenvalue weighted by Gasteiger charge is 2.23. The molecule has 22 heavy (non-hydrogen) atoms. The van der Waals surface area contributed by atoms with Crippen molar-refractivity contribution in [2.75, 3.05) is 20.8 Å². The van der Waals surface area contributed by atoms with Gasteiger partial charge in [0.15, 0.2) is 0 Å². The van der Waals surface area contributed by atoms with E-state index in [-0.39, 0.29) is 11.8 Å². The molecule has 3 rings (SSSR count). The minimum Gasteiger partial charge on any atom is -0.497 e. The van der Waals surface area contributed by atoms with E-state index in [0.717, 1.165) is 28.2 Å². The van der Waals surface area contributed by atoms with Crippen molar-refractivity contribution in [3.05, 3.63) is 48.0 Å². The number of ether oxygens (including phenoxy) is 2. The van der Waals surface area contributed by atoms with Crippen molar-refractivity contribution in [3.8, 4) is 22.6 Å². The number of amides is 1. The largest absolute Gasteiger partial charge is 0.497 e. The first-order chi connectivity index (χ1) is 10.7. The van der Waals surface area contributed by atoms with Gasteiger partial charge in [0.05, 0.1) is 14.2 Å². The number of carbonyl (C=O) groups excluding carboxylic acids is 1. The van der Waals surface area contributed by atoms with Crippen LogP contribution in [-0.4, -0.2) is 26.7 Å². The van der Waals surface area contributed by atoms with Crippen LogP contribution in [0.2, 0.25) is 0 Å². The van der Waals surface area contributed by atoms with Crippen molar-refractivity contribution in [1.29, 1.82) is 0 Å². The van der Waals surface area contributed by atoms with E-state index in [9.17, 15) is 4.79 Å². The molecule has 0 bridgehead atoms. The van der Waals surface area contributed by atoms with Gasteiger partial charge in [0.2, 0.25) is 5.91 Å². The van der Waals surface area contributed by atoms with Gasteiger partial charge in [0, 0.05) is 24.4 Å². The van der Waals surface area contributed by atoms with Crippen LogP contribution in [0.3, 0.4) is 0 Å². The van der Waals surface area contributed by atoms with Crippen LogP contribution in [0, 0.1) is 0 Å². The molecule has 2 aromatic carbocycles. The Labute approximate surface area is 130 Å². The monoisotopic (exact) mass is 297 g/mol. The Hall–Kier alpha value is -2.49. The van der Waals surface area contributed by atoms with Crippen LogP contribution in [0.25, 0.3) is 11.1 Å². The molecule has 1 unspecified atom stereocenters. The summed E-state index contributed by atoms with van der Waals surface area (Å²) in [5.41, 5.74) is 3.20. The van der Waals surface area contributed by atoms with Gasteiger partial charge < -0.3 is 14.8 Å². The quantitative estimate of drug-likeness (QED) is 0.944. The number of hydrogen-bond donors (Lipinski definition) is 1. The van der Waals surface area contributed by atoms with Gasteiger partial charge in [-0.25, -0.2) is 0 Å². The number of benzene rings is 2. The van der Waals surface area contributed by atoms with E-state index in [1.165, 1.54) is 0 Å². The van der Waals surface area contributed by atoms with Crippen LogP contribution in [0.15, 0.2) is 42.5 Å². The fraction of sp³-hybridized carbons (Fsp3) is 0.278. The average molecular weight is 297 g/mol. The Bertz CT molecular complexity index is 696. The van der Waals surface area contributed by atoms with Gasteiger partial charge in [-0.15, -0.1) is 0 Å². The highest BCUT2D eigenvalue weighted by Crippen LogP contribution is 2.35. The third-order valence-corrected chi connectivity index (χ3v) is 4.05. The summed E-state index contributed by atoms with van der Waals surface area (Å²) in [6, 6.07) is 14.0. The van der Waals surface area contributed by atoms with Crippen molar-refractivity contribution in [2.45, 2.75) is 12.3 Å². The first kappa shape index (κ1) is 14.4. The van der Waals surface area contributed by atoms with Crippen molar-refractivity contribution in [2.24, 2.45) is 0 Å². The predicted octanol–water partition coefficient (Wildman–Crippen LogP) is 2.97. The Morgan fingerprint density at radius 1 is 1.09 bits per heavy atom. The minimum atomic E-state index is 0.115. The number of rotatable bonds is 4. The standard InChI is InChI=1S/C18H19NO3/c1-21-15-5-3-4-13(8-15)16-9-12(6-7-17(16)22-2)14-10-18(20)19-11-14/h3-9,14H,10-11H2,1-2H3,(H,19,20). The van der Waals surface area contributed by atoms with Crippen LogP contribution in [-0.2, 0) is 4.79 Å². The molecular formula is C18H19NO3. The van der Waals surface area contributed by atoms with Crippen molar-refractivity contribution >= 4 is 5.91 Å². The molecular weight excluding hydrogens is 278 g/mol. The van der Waals surface area contributed by atoms with Crippen LogP contribution < -0.4 is 14.8 Å². The summed E-state index contributed by atoms with van der Waals surface area (Å²) in [5, 5.41) is 2.88. The summed E-state index contributed by atoms with van der Waals surface area (Å²) in [4.78, 5) is 11.4. The van der Waals surface area contributed by atoms with E-state index >= 15 is 0 Å². The highest BCUT2D eigenvalue weighted by molar-refractivity contribution is 5.80. The Morgan fingerprint density at radius 3 is 2.64 bits per heavy atom. The van der Waals surface area contributed by atoms with Gasteiger partial charge in [0.25, 0.3) is 0 Å². The third-order valence-electron chi connectivity index (χ3n) is 4.05. The van der Waals surface area contributed by atoms with Gasteiger partial charge in [0.1, 0.15) is 11.5 Å². The van der Waals surface area contributed by atoms with Crippen molar-refractivity contribution in [3.63, 3.8) is 0 Å². The molecule has 4 nitrogen and oxygen atoms in total. The van der Waals surface area contributed by atoms with E-state index < -0.39 is 0 Å². The van der Waals surface area contributed by atoms with Gasteiger partial charge in [-0.3, -0.25) is 4.79 Å². The average Bonchev–Trinajstić information content (AvgIpc) is 3.00. The van der Waals surface area contributed by atoms with Crippen LogP contribution in [0.1, 0.15) is 17.9 Å². The number of methoxy groups -OCH3 is 2. The molecule has 1 fully saturated rings. The predicted molar refractivity (Wildman–Crippen MR) is 85.3 cm³/mol. The Kier molecular flexibility index (Phi) is 4.00. The molecule has 1 atom stereocenters. The molecule has 0 aromatic heterocycles. The normalized spacial score (nSPS) is 17.2. The second-order valence-corrected chi connectivity index (χ2v) is 5.40. The van der Waals surface area contributed by atoms with Crippen molar-refractivity contribution < 1.29 is 14.3 Å². The summed E-state index contributed by atoms with van der Waals surface area (Å²) in [7, 11) is 3.32. The summed E-state index contributed by atoms with van der Waals surface area (Å²) in [6.45, 7) is 0.697. The number of hydrogen-bond acceptors (Lipinski definition) is 3. The van der Waals surface area contributed by atoms with Crippen LogP contribution in [0.5, 0.6) is 11.5 Å². The summed E-state index contributed by atoms with van der Waals surface area (Å²) < 4.78 is 10.8. The maximum absolute atomic E-state index is 11.4. The van der Waals surface area contributed by atoms with E-state index in [1.54, 1.807) is 14.2 Å². The molecule has 0 spiro atoms. The maximum atomic E-state index is 11.4. The molecule has 1 amide bonds. The molecule has 1 N–H and O–H groups in total. The van der Waals surface area contributed by atoms with E-state index in [2.05, 4.69) is 11.4 Å². The maximum Gasteiger partial charge on any atom is 0.220 e. The Balaban J connectivity index is 2.02. The smallest absolute Gasteiger partial charge is 0.220 e. The summed E-state index contributed by atoms with van der Waals surface area (Å²) in [6.07, 6.45) is 0.546. The molecule has 2 aromatic rings. The second kappa shape index (κ2) is 6.10. The zero-order valence-corrected chi connectivity index (χ0v) is 12.8. The van der Waals surface area contributed by atoms with Gasteiger partial charge in [-0.05, 0) is 35.4 Å². The zero-order chi connectivity index (χ0) is 15.5. The first-order valence-electron chi connectivity index (χ1n) is 7.30. The molecule has 114 valence electrons. The van der Waals surface area contributed by atoms with Gasteiger partial charge in [-0.2, -0.15) is 0 Å². The lowest BCUT2D eigenvalue weighted by Crippen LogP contribution is -2.13. The fourth-order valence-corrected chi connectivity index (χ4v) is 2.84. The van der Waals surface area contributed by atoms with Crippen molar-refractivity contribution in [1.82, 2.24) is 5.32 Å². The lowest BCUT2D eigenvalue weighted by molar-refractivity contribution is -0.119. The van der Waals surface area contributed by atoms with E-state index in [0.29, 0.717) is 13.0 Å². The molecule has 1 heterocycles. The molecule has 0 aliphatic carbocycles. The fourth-order valence-electron chi connectivity index (χ4n) is 2.84. The SMILES string of the molecule is COc1cccc(-c2cc(C3CNC(=O)C3)ccc2OC)c1. The molecule has 1 aliphatic heterocycles. The van der Waals surface area contributed by atoms with Crippen LogP contribution >= 0.6 is 0 Å². The molecule has 1 aliphatic rings. The molecule has 0 radical (unpaired) electrons. The second-order valence-electron chi connectivity index (χ2n) is 5.40. The highest BCUT2D eigenvalue weighted by atomic mass is 16.5. The first-order valence-corrected chi connectivity index (χ1v) is 7.30. The number of nitrogens with one attached hydrogen (secondary N) is 1.